The number of hydrogen-bond acceptors (Lipinski definition) is 4. The number of oxime groups is 1. The minimum atomic E-state index is 0.220. The Bertz CT molecular complexity index is 215. The number of nitrogens with two attached hydrogens (primary N) is 1. The summed E-state index contributed by atoms with van der Waals surface area (Å²) in [7, 11) is 0. The summed E-state index contributed by atoms with van der Waals surface area (Å²) in [5, 5.41) is 11.2. The van der Waals surface area contributed by atoms with Gasteiger partial charge in [0.15, 0.2) is 0 Å². The largest absolute Gasteiger partial charge is 0.409 e. The Morgan fingerprint density at radius 3 is 3.08 bits per heavy atom. The van der Waals surface area contributed by atoms with E-state index in [1.54, 1.807) is 0 Å². The summed E-state index contributed by atoms with van der Waals surface area (Å²) in [5.41, 5.74) is 5.31. The average Bonchev–Trinajstić information content (AvgIpc) is 2.14. The standard InChI is InChI=1S/C8H15N3O2/c9-8(10-13)3-5-11-4-1-2-7(12)6-11/h13H,1-6H2,(H2,9,10). The molecule has 3 N–H and O–H groups in total. The van der Waals surface area contributed by atoms with Crippen LogP contribution in [0.2, 0.25) is 0 Å². The zero-order valence-corrected chi connectivity index (χ0v) is 7.57. The minimum Gasteiger partial charge on any atom is -0.409 e. The minimum absolute atomic E-state index is 0.220. The maximum atomic E-state index is 11.0. The first-order valence-corrected chi connectivity index (χ1v) is 4.43. The molecule has 5 heteroatoms. The third-order valence-corrected chi connectivity index (χ3v) is 2.14. The van der Waals surface area contributed by atoms with Gasteiger partial charge >= 0.3 is 0 Å². The molecule has 13 heavy (non-hydrogen) atoms. The molecule has 0 aromatic carbocycles. The smallest absolute Gasteiger partial charge is 0.146 e. The molecule has 0 unspecified atom stereocenters. The molecule has 1 rings (SSSR count). The quantitative estimate of drug-likeness (QED) is 0.276. The van der Waals surface area contributed by atoms with E-state index in [4.69, 9.17) is 10.9 Å². The number of Topliss-reactive ketones (excluding diaryl/α,β-unsaturated/α-hetero) is 1. The number of hydrogen-bond donors (Lipinski definition) is 2. The van der Waals surface area contributed by atoms with E-state index in [9.17, 15) is 4.79 Å². The lowest BCUT2D eigenvalue weighted by Crippen LogP contribution is -2.37. The molecule has 0 atom stereocenters. The molecular formula is C8H15N3O2. The highest BCUT2D eigenvalue weighted by molar-refractivity contribution is 5.81. The van der Waals surface area contributed by atoms with Crippen LogP contribution in [-0.2, 0) is 4.79 Å². The number of ketones is 1. The van der Waals surface area contributed by atoms with Crippen molar-refractivity contribution >= 4 is 11.6 Å². The second-order valence-electron chi connectivity index (χ2n) is 3.26. The predicted octanol–water partition coefficient (Wildman–Crippen LogP) is -0.212. The molecule has 1 aliphatic heterocycles. The molecule has 5 nitrogen and oxygen atoms in total. The van der Waals surface area contributed by atoms with E-state index in [-0.39, 0.29) is 11.6 Å². The van der Waals surface area contributed by atoms with E-state index in [2.05, 4.69) is 5.16 Å². The summed E-state index contributed by atoms with van der Waals surface area (Å²) >= 11 is 0. The fraction of sp³-hybridized carbons (Fsp3) is 0.750. The Labute approximate surface area is 77.2 Å². The molecule has 1 saturated heterocycles. The van der Waals surface area contributed by atoms with E-state index < -0.39 is 0 Å². The van der Waals surface area contributed by atoms with Gasteiger partial charge in [-0.1, -0.05) is 5.16 Å². The normalized spacial score (nSPS) is 20.6. The van der Waals surface area contributed by atoms with Crippen LogP contribution in [0.15, 0.2) is 5.16 Å². The van der Waals surface area contributed by atoms with Crippen molar-refractivity contribution in [3.8, 4) is 0 Å². The lowest BCUT2D eigenvalue weighted by Gasteiger charge is -2.24. The van der Waals surface area contributed by atoms with Crippen LogP contribution >= 0.6 is 0 Å². The highest BCUT2D eigenvalue weighted by atomic mass is 16.4. The molecule has 0 radical (unpaired) electrons. The maximum Gasteiger partial charge on any atom is 0.146 e. The van der Waals surface area contributed by atoms with Gasteiger partial charge in [-0.05, 0) is 13.0 Å². The van der Waals surface area contributed by atoms with Crippen molar-refractivity contribution in [2.75, 3.05) is 19.6 Å². The van der Waals surface area contributed by atoms with Gasteiger partial charge in [-0.2, -0.15) is 0 Å². The molecule has 0 saturated carbocycles. The molecule has 0 bridgehead atoms. The molecule has 1 aliphatic rings. The van der Waals surface area contributed by atoms with Crippen LogP contribution < -0.4 is 5.73 Å². The number of nitrogens with zero attached hydrogens (tertiary/aromatic N) is 2. The molecule has 74 valence electrons. The van der Waals surface area contributed by atoms with Crippen LogP contribution in [0.4, 0.5) is 0 Å². The van der Waals surface area contributed by atoms with Gasteiger partial charge in [0.05, 0.1) is 6.54 Å². The lowest BCUT2D eigenvalue weighted by molar-refractivity contribution is -0.122. The molecule has 0 aromatic rings. The van der Waals surface area contributed by atoms with Crippen molar-refractivity contribution in [3.63, 3.8) is 0 Å². The van der Waals surface area contributed by atoms with Crippen molar-refractivity contribution in [2.45, 2.75) is 19.3 Å². The van der Waals surface area contributed by atoms with E-state index in [1.807, 2.05) is 4.90 Å². The molecular weight excluding hydrogens is 170 g/mol. The van der Waals surface area contributed by atoms with Gasteiger partial charge in [-0.15, -0.1) is 0 Å². The summed E-state index contributed by atoms with van der Waals surface area (Å²) in [5.74, 6) is 0.504. The van der Waals surface area contributed by atoms with Crippen molar-refractivity contribution in [3.05, 3.63) is 0 Å². The van der Waals surface area contributed by atoms with Gasteiger partial charge in [-0.25, -0.2) is 0 Å². The van der Waals surface area contributed by atoms with Crippen LogP contribution in [-0.4, -0.2) is 41.4 Å². The number of carbonyl (C=O) groups is 1. The number of likely N-dealkylation sites (tertiary alicyclic amines) is 1. The van der Waals surface area contributed by atoms with Crippen LogP contribution in [0.25, 0.3) is 0 Å². The highest BCUT2D eigenvalue weighted by Gasteiger charge is 2.16. The van der Waals surface area contributed by atoms with Gasteiger partial charge in [0.2, 0.25) is 0 Å². The Morgan fingerprint density at radius 1 is 1.69 bits per heavy atom. The Hall–Kier alpha value is -1.10. The summed E-state index contributed by atoms with van der Waals surface area (Å²) in [6, 6.07) is 0. The third kappa shape index (κ3) is 3.42. The Balaban J connectivity index is 2.24. The maximum absolute atomic E-state index is 11.0. The molecule has 1 fully saturated rings. The first-order chi connectivity index (χ1) is 6.22. The number of carbonyl (C=O) groups excluding carboxylic acids is 1. The van der Waals surface area contributed by atoms with E-state index in [0.717, 1.165) is 13.0 Å². The Morgan fingerprint density at radius 2 is 2.46 bits per heavy atom. The van der Waals surface area contributed by atoms with E-state index in [0.29, 0.717) is 25.9 Å². The SMILES string of the molecule is NC(CCN1CCCC(=O)C1)=NO. The predicted molar refractivity (Wildman–Crippen MR) is 48.7 cm³/mol. The first kappa shape index (κ1) is 9.98. The summed E-state index contributed by atoms with van der Waals surface area (Å²) in [4.78, 5) is 13.1. The van der Waals surface area contributed by atoms with Gasteiger partial charge < -0.3 is 10.9 Å². The van der Waals surface area contributed by atoms with Crippen LogP contribution in [0.3, 0.4) is 0 Å². The number of piperidine rings is 1. The number of amidine groups is 1. The highest BCUT2D eigenvalue weighted by Crippen LogP contribution is 2.05. The van der Waals surface area contributed by atoms with E-state index >= 15 is 0 Å². The molecule has 0 aliphatic carbocycles. The summed E-state index contributed by atoms with van der Waals surface area (Å²) in [6.45, 7) is 2.14. The van der Waals surface area contributed by atoms with Gasteiger partial charge in [-0.3, -0.25) is 9.69 Å². The van der Waals surface area contributed by atoms with Crippen LogP contribution in [0.1, 0.15) is 19.3 Å². The van der Waals surface area contributed by atoms with Gasteiger partial charge in [0, 0.05) is 19.4 Å². The van der Waals surface area contributed by atoms with Crippen molar-refractivity contribution < 1.29 is 10.0 Å². The Kier molecular flexibility index (Phi) is 3.70. The van der Waals surface area contributed by atoms with E-state index in [1.165, 1.54) is 0 Å². The van der Waals surface area contributed by atoms with Gasteiger partial charge in [0.1, 0.15) is 11.6 Å². The van der Waals surface area contributed by atoms with Crippen LogP contribution in [0, 0.1) is 0 Å². The fourth-order valence-corrected chi connectivity index (χ4v) is 1.42. The molecule has 1 heterocycles. The topological polar surface area (TPSA) is 78.9 Å². The van der Waals surface area contributed by atoms with Crippen molar-refractivity contribution in [1.29, 1.82) is 0 Å². The monoisotopic (exact) mass is 185 g/mol. The second kappa shape index (κ2) is 4.81. The summed E-state index contributed by atoms with van der Waals surface area (Å²) < 4.78 is 0. The zero-order valence-electron chi connectivity index (χ0n) is 7.57. The van der Waals surface area contributed by atoms with Crippen molar-refractivity contribution in [2.24, 2.45) is 10.9 Å². The van der Waals surface area contributed by atoms with Crippen molar-refractivity contribution in [1.82, 2.24) is 4.90 Å². The first-order valence-electron chi connectivity index (χ1n) is 4.43. The number of rotatable bonds is 3. The third-order valence-electron chi connectivity index (χ3n) is 2.14. The zero-order chi connectivity index (χ0) is 9.68. The second-order valence-corrected chi connectivity index (χ2v) is 3.26. The lowest BCUT2D eigenvalue weighted by atomic mass is 10.1. The molecule has 0 amide bonds. The molecule has 0 spiro atoms. The molecule has 0 aromatic heterocycles. The van der Waals surface area contributed by atoms with Crippen LogP contribution in [0.5, 0.6) is 0 Å². The average molecular weight is 185 g/mol. The fourth-order valence-electron chi connectivity index (χ4n) is 1.42. The van der Waals surface area contributed by atoms with Gasteiger partial charge in [0.25, 0.3) is 0 Å². The summed E-state index contributed by atoms with van der Waals surface area (Å²) in [6.07, 6.45) is 2.14.